The van der Waals surface area contributed by atoms with Crippen LogP contribution in [-0.4, -0.2) is 37.3 Å². The van der Waals surface area contributed by atoms with Crippen LogP contribution in [0.25, 0.3) is 0 Å². The van der Waals surface area contributed by atoms with Crippen LogP contribution in [0.3, 0.4) is 0 Å². The van der Waals surface area contributed by atoms with Gasteiger partial charge < -0.3 is 14.7 Å². The molecule has 0 aliphatic heterocycles. The number of likely N-dealkylation sites (N-methyl/N-ethyl adjacent to an activating group) is 1. The lowest BCUT2D eigenvalue weighted by Gasteiger charge is -2.15. The van der Waals surface area contributed by atoms with Crippen molar-refractivity contribution in [3.8, 4) is 5.75 Å². The van der Waals surface area contributed by atoms with E-state index in [-0.39, 0.29) is 0 Å². The van der Waals surface area contributed by atoms with E-state index in [1.165, 1.54) is 0 Å². The van der Waals surface area contributed by atoms with E-state index < -0.39 is 6.10 Å². The number of ether oxygens (including phenoxy) is 1. The van der Waals surface area contributed by atoms with Crippen LogP contribution in [0, 0.1) is 0 Å². The fourth-order valence-electron chi connectivity index (χ4n) is 1.30. The minimum Gasteiger partial charge on any atom is -0.492 e. The summed E-state index contributed by atoms with van der Waals surface area (Å²) in [5.74, 6) is 0.773. The van der Waals surface area contributed by atoms with E-state index in [0.29, 0.717) is 6.61 Å². The number of hydrogen-bond acceptors (Lipinski definition) is 3. The molecule has 1 aromatic carbocycles. The van der Waals surface area contributed by atoms with Gasteiger partial charge in [0.1, 0.15) is 12.4 Å². The Bertz CT molecular complexity index is 297. The molecule has 0 aliphatic carbocycles. The highest BCUT2D eigenvalue weighted by molar-refractivity contribution is 5.34. The van der Waals surface area contributed by atoms with Crippen LogP contribution in [-0.2, 0) is 0 Å². The Labute approximate surface area is 91.3 Å². The van der Waals surface area contributed by atoms with Crippen molar-refractivity contribution in [2.45, 2.75) is 13.0 Å². The number of rotatable bonds is 5. The van der Waals surface area contributed by atoms with Crippen LogP contribution >= 0.6 is 0 Å². The van der Waals surface area contributed by atoms with Crippen LogP contribution in [0.5, 0.6) is 5.75 Å². The van der Waals surface area contributed by atoms with E-state index in [1.54, 1.807) is 6.92 Å². The van der Waals surface area contributed by atoms with Gasteiger partial charge in [-0.2, -0.15) is 0 Å². The van der Waals surface area contributed by atoms with Crippen LogP contribution in [0.1, 0.15) is 18.6 Å². The zero-order valence-electron chi connectivity index (χ0n) is 9.60. The molecule has 3 heteroatoms. The van der Waals surface area contributed by atoms with Gasteiger partial charge in [-0.25, -0.2) is 0 Å². The highest BCUT2D eigenvalue weighted by Gasteiger charge is 2.07. The number of nitrogens with zero attached hydrogens (tertiary/aromatic N) is 1. The first kappa shape index (κ1) is 12.0. The molecule has 3 nitrogen and oxygen atoms in total. The lowest BCUT2D eigenvalue weighted by molar-refractivity contribution is 0.188. The van der Waals surface area contributed by atoms with E-state index in [9.17, 15) is 5.11 Å². The van der Waals surface area contributed by atoms with Crippen LogP contribution in [0.4, 0.5) is 0 Å². The molecular weight excluding hydrogens is 190 g/mol. The maximum atomic E-state index is 9.52. The standard InChI is InChI=1S/C12H19NO2/c1-10(14)11-6-4-5-7-12(11)15-9-8-13(2)3/h4-7,10,14H,8-9H2,1-3H3/t10-/m1/s1. The Morgan fingerprint density at radius 2 is 2.00 bits per heavy atom. The van der Waals surface area contributed by atoms with Gasteiger partial charge in [0.25, 0.3) is 0 Å². The highest BCUT2D eigenvalue weighted by atomic mass is 16.5. The summed E-state index contributed by atoms with van der Waals surface area (Å²) in [4.78, 5) is 2.06. The van der Waals surface area contributed by atoms with Crippen molar-refractivity contribution in [2.24, 2.45) is 0 Å². The second kappa shape index (κ2) is 5.73. The molecule has 0 saturated carbocycles. The first-order valence-corrected chi connectivity index (χ1v) is 5.16. The monoisotopic (exact) mass is 209 g/mol. The third kappa shape index (κ3) is 3.90. The van der Waals surface area contributed by atoms with Crippen molar-refractivity contribution in [3.05, 3.63) is 29.8 Å². The summed E-state index contributed by atoms with van der Waals surface area (Å²) in [6.45, 7) is 3.25. The Morgan fingerprint density at radius 3 is 2.60 bits per heavy atom. The van der Waals surface area contributed by atoms with Crippen molar-refractivity contribution >= 4 is 0 Å². The highest BCUT2D eigenvalue weighted by Crippen LogP contribution is 2.24. The Balaban J connectivity index is 2.59. The molecule has 0 spiro atoms. The number of aliphatic hydroxyl groups is 1. The van der Waals surface area contributed by atoms with E-state index in [0.717, 1.165) is 17.9 Å². The summed E-state index contributed by atoms with van der Waals surface area (Å²) in [5, 5.41) is 9.52. The van der Waals surface area contributed by atoms with Crippen molar-refractivity contribution in [3.63, 3.8) is 0 Å². The van der Waals surface area contributed by atoms with Gasteiger partial charge in [-0.05, 0) is 27.1 Å². The van der Waals surface area contributed by atoms with E-state index in [4.69, 9.17) is 4.74 Å². The quantitative estimate of drug-likeness (QED) is 0.801. The summed E-state index contributed by atoms with van der Waals surface area (Å²) < 4.78 is 5.61. The molecule has 0 radical (unpaired) electrons. The first-order valence-electron chi connectivity index (χ1n) is 5.16. The maximum Gasteiger partial charge on any atom is 0.125 e. The summed E-state index contributed by atoms with van der Waals surface area (Å²) in [6, 6.07) is 7.59. The van der Waals surface area contributed by atoms with Gasteiger partial charge in [0.15, 0.2) is 0 Å². The van der Waals surface area contributed by atoms with Crippen LogP contribution in [0.15, 0.2) is 24.3 Å². The number of para-hydroxylation sites is 1. The van der Waals surface area contributed by atoms with Crippen molar-refractivity contribution in [1.29, 1.82) is 0 Å². The van der Waals surface area contributed by atoms with E-state index in [1.807, 2.05) is 38.4 Å². The lowest BCUT2D eigenvalue weighted by atomic mass is 10.1. The smallest absolute Gasteiger partial charge is 0.125 e. The molecule has 84 valence electrons. The second-order valence-corrected chi connectivity index (χ2v) is 3.87. The normalized spacial score (nSPS) is 12.9. The maximum absolute atomic E-state index is 9.52. The summed E-state index contributed by atoms with van der Waals surface area (Å²) >= 11 is 0. The Kier molecular flexibility index (Phi) is 4.59. The zero-order chi connectivity index (χ0) is 11.3. The molecular formula is C12H19NO2. The second-order valence-electron chi connectivity index (χ2n) is 3.87. The van der Waals surface area contributed by atoms with Crippen molar-refractivity contribution in [1.82, 2.24) is 4.90 Å². The van der Waals surface area contributed by atoms with Gasteiger partial charge >= 0.3 is 0 Å². The molecule has 0 fully saturated rings. The predicted molar refractivity (Wildman–Crippen MR) is 61.1 cm³/mol. The summed E-state index contributed by atoms with van der Waals surface area (Å²) in [5.41, 5.74) is 0.844. The summed E-state index contributed by atoms with van der Waals surface area (Å²) in [7, 11) is 4.01. The average Bonchev–Trinajstić information content (AvgIpc) is 2.17. The zero-order valence-corrected chi connectivity index (χ0v) is 9.60. The van der Waals surface area contributed by atoms with Crippen LogP contribution < -0.4 is 4.74 Å². The topological polar surface area (TPSA) is 32.7 Å². The predicted octanol–water partition coefficient (Wildman–Crippen LogP) is 1.68. The molecule has 1 atom stereocenters. The Hall–Kier alpha value is -1.06. The molecule has 0 unspecified atom stereocenters. The number of benzene rings is 1. The molecule has 1 N–H and O–H groups in total. The molecule has 1 rings (SSSR count). The van der Waals surface area contributed by atoms with E-state index >= 15 is 0 Å². The van der Waals surface area contributed by atoms with E-state index in [2.05, 4.69) is 4.90 Å². The minimum atomic E-state index is -0.486. The van der Waals surface area contributed by atoms with Crippen LogP contribution in [0.2, 0.25) is 0 Å². The first-order chi connectivity index (χ1) is 7.11. The molecule has 0 aliphatic rings. The minimum absolute atomic E-state index is 0.486. The van der Waals surface area contributed by atoms with Gasteiger partial charge in [0.2, 0.25) is 0 Å². The van der Waals surface area contributed by atoms with Gasteiger partial charge in [-0.1, -0.05) is 18.2 Å². The summed E-state index contributed by atoms with van der Waals surface area (Å²) in [6.07, 6.45) is -0.486. The molecule has 1 aromatic rings. The molecule has 0 saturated heterocycles. The van der Waals surface area contributed by atoms with Gasteiger partial charge in [0, 0.05) is 12.1 Å². The molecule has 0 heterocycles. The molecule has 0 aromatic heterocycles. The third-order valence-electron chi connectivity index (χ3n) is 2.17. The molecule has 0 bridgehead atoms. The van der Waals surface area contributed by atoms with Gasteiger partial charge in [-0.3, -0.25) is 0 Å². The Morgan fingerprint density at radius 1 is 1.33 bits per heavy atom. The number of aliphatic hydroxyl groups excluding tert-OH is 1. The van der Waals surface area contributed by atoms with Crippen molar-refractivity contribution in [2.75, 3.05) is 27.2 Å². The third-order valence-corrected chi connectivity index (χ3v) is 2.17. The fourth-order valence-corrected chi connectivity index (χ4v) is 1.30. The largest absolute Gasteiger partial charge is 0.492 e. The number of hydrogen-bond donors (Lipinski definition) is 1. The SMILES string of the molecule is C[C@@H](O)c1ccccc1OCCN(C)C. The fraction of sp³-hybridized carbons (Fsp3) is 0.500. The van der Waals surface area contributed by atoms with Crippen molar-refractivity contribution < 1.29 is 9.84 Å². The lowest BCUT2D eigenvalue weighted by Crippen LogP contribution is -2.19. The molecule has 0 amide bonds. The van der Waals surface area contributed by atoms with Gasteiger partial charge in [-0.15, -0.1) is 0 Å². The molecule has 15 heavy (non-hydrogen) atoms. The average molecular weight is 209 g/mol. The van der Waals surface area contributed by atoms with Gasteiger partial charge in [0.05, 0.1) is 6.10 Å².